The zero-order chi connectivity index (χ0) is 25.4. The number of ether oxygens (including phenoxy) is 1. The van der Waals surface area contributed by atoms with E-state index in [2.05, 4.69) is 42.5 Å². The van der Waals surface area contributed by atoms with E-state index >= 15 is 0 Å². The summed E-state index contributed by atoms with van der Waals surface area (Å²) in [5, 5.41) is 8.89. The van der Waals surface area contributed by atoms with Crippen molar-refractivity contribution in [1.82, 2.24) is 4.90 Å². The first-order chi connectivity index (χ1) is 18.1. The molecule has 3 aliphatic rings. The molecule has 5 nitrogen and oxygen atoms in total. The van der Waals surface area contributed by atoms with Crippen molar-refractivity contribution in [2.45, 2.75) is 56.5 Å². The summed E-state index contributed by atoms with van der Waals surface area (Å²) in [6.45, 7) is 0.320. The average molecular weight is 491 g/mol. The van der Waals surface area contributed by atoms with Crippen LogP contribution in [-0.4, -0.2) is 35.5 Å². The highest BCUT2D eigenvalue weighted by Crippen LogP contribution is 2.45. The van der Waals surface area contributed by atoms with Crippen molar-refractivity contribution in [3.63, 3.8) is 0 Å². The van der Waals surface area contributed by atoms with Gasteiger partial charge in [0.15, 0.2) is 5.78 Å². The Hall–Kier alpha value is -3.91. The highest BCUT2D eigenvalue weighted by atomic mass is 16.6. The van der Waals surface area contributed by atoms with Crippen LogP contribution in [0.5, 0.6) is 0 Å². The Balaban J connectivity index is 1.14. The first-order valence-corrected chi connectivity index (χ1v) is 13.3. The van der Waals surface area contributed by atoms with Crippen LogP contribution in [-0.2, 0) is 11.2 Å². The van der Waals surface area contributed by atoms with Crippen molar-refractivity contribution in [3.05, 3.63) is 95.1 Å². The van der Waals surface area contributed by atoms with E-state index in [4.69, 9.17) is 10.00 Å². The number of amides is 1. The number of piperidine rings is 2. The second-order valence-corrected chi connectivity index (χ2v) is 10.5. The summed E-state index contributed by atoms with van der Waals surface area (Å²) in [5.74, 6) is 0.0988. The SMILES string of the molecule is N#CCc1ccc(C(=O)C2CC3CCCC(C2)N3C(=O)OCC2c3ccccc3-c3ccccc32)cc1. The van der Waals surface area contributed by atoms with Crippen LogP contribution >= 0.6 is 0 Å². The molecule has 37 heavy (non-hydrogen) atoms. The molecular weight excluding hydrogens is 460 g/mol. The summed E-state index contributed by atoms with van der Waals surface area (Å²) in [6.07, 6.45) is 4.35. The van der Waals surface area contributed by atoms with Crippen molar-refractivity contribution >= 4 is 11.9 Å². The maximum absolute atomic E-state index is 13.4. The molecule has 5 heteroatoms. The Kier molecular flexibility index (Phi) is 6.26. The summed E-state index contributed by atoms with van der Waals surface area (Å²) in [5.41, 5.74) is 6.47. The normalized spacial score (nSPS) is 22.0. The standard InChI is InChI=1S/C32H30N2O3/c33-17-16-21-12-14-22(15-13-21)31(35)23-18-24-6-5-7-25(19-23)34(24)32(36)37-20-30-28-10-3-1-8-26(28)27-9-2-4-11-29(27)30/h1-4,8-15,23-25,30H,5-7,16,18-20H2. The lowest BCUT2D eigenvalue weighted by atomic mass is 9.76. The van der Waals surface area contributed by atoms with Crippen molar-refractivity contribution in [2.24, 2.45) is 5.92 Å². The summed E-state index contributed by atoms with van der Waals surface area (Å²) in [4.78, 5) is 28.7. The highest BCUT2D eigenvalue weighted by molar-refractivity contribution is 5.98. The zero-order valence-electron chi connectivity index (χ0n) is 20.8. The largest absolute Gasteiger partial charge is 0.448 e. The molecule has 0 aromatic heterocycles. The van der Waals surface area contributed by atoms with Crippen LogP contribution in [0.25, 0.3) is 11.1 Å². The van der Waals surface area contributed by atoms with E-state index in [1.54, 1.807) is 0 Å². The van der Waals surface area contributed by atoms with Crippen LogP contribution in [0.15, 0.2) is 72.8 Å². The summed E-state index contributed by atoms with van der Waals surface area (Å²) >= 11 is 0. The van der Waals surface area contributed by atoms with Gasteiger partial charge in [0.2, 0.25) is 0 Å². The molecule has 0 N–H and O–H groups in total. The minimum absolute atomic E-state index is 0.0370. The van der Waals surface area contributed by atoms with Gasteiger partial charge in [-0.25, -0.2) is 4.79 Å². The minimum Gasteiger partial charge on any atom is -0.448 e. The molecule has 186 valence electrons. The van der Waals surface area contributed by atoms with Crippen LogP contribution in [0.2, 0.25) is 0 Å². The van der Waals surface area contributed by atoms with E-state index < -0.39 is 0 Å². The fourth-order valence-corrected chi connectivity index (χ4v) is 6.68. The molecule has 2 bridgehead atoms. The number of hydrogen-bond donors (Lipinski definition) is 0. The topological polar surface area (TPSA) is 70.4 Å². The third kappa shape index (κ3) is 4.31. The Morgan fingerprint density at radius 2 is 1.46 bits per heavy atom. The molecule has 3 aromatic rings. The Bertz CT molecular complexity index is 1310. The van der Waals surface area contributed by atoms with Gasteiger partial charge in [-0.2, -0.15) is 5.26 Å². The Morgan fingerprint density at radius 1 is 0.865 bits per heavy atom. The zero-order valence-corrected chi connectivity index (χ0v) is 20.8. The van der Waals surface area contributed by atoms with E-state index in [0.29, 0.717) is 31.4 Å². The smallest absolute Gasteiger partial charge is 0.410 e. The molecule has 2 aliphatic heterocycles. The first-order valence-electron chi connectivity index (χ1n) is 13.3. The van der Waals surface area contributed by atoms with Crippen LogP contribution in [0, 0.1) is 17.2 Å². The molecule has 1 amide bonds. The number of ketones is 1. The van der Waals surface area contributed by atoms with E-state index in [9.17, 15) is 9.59 Å². The lowest BCUT2D eigenvalue weighted by molar-refractivity contribution is 0.00651. The second-order valence-electron chi connectivity index (χ2n) is 10.5. The van der Waals surface area contributed by atoms with E-state index in [1.165, 1.54) is 22.3 Å². The van der Waals surface area contributed by atoms with Crippen LogP contribution in [0.1, 0.15) is 65.1 Å². The first kappa shape index (κ1) is 23.5. The van der Waals surface area contributed by atoms with Crippen molar-refractivity contribution in [2.75, 3.05) is 6.61 Å². The summed E-state index contributed by atoms with van der Waals surface area (Å²) in [7, 11) is 0. The molecule has 2 atom stereocenters. The van der Waals surface area contributed by atoms with Gasteiger partial charge in [-0.1, -0.05) is 72.8 Å². The maximum atomic E-state index is 13.4. The number of carbonyl (C=O) groups excluding carboxylic acids is 2. The number of nitriles is 1. The van der Waals surface area contributed by atoms with Crippen molar-refractivity contribution in [3.8, 4) is 17.2 Å². The lowest BCUT2D eigenvalue weighted by Crippen LogP contribution is -2.55. The average Bonchev–Trinajstić information content (AvgIpc) is 3.25. The predicted molar refractivity (Wildman–Crippen MR) is 141 cm³/mol. The van der Waals surface area contributed by atoms with Gasteiger partial charge in [0.25, 0.3) is 0 Å². The van der Waals surface area contributed by atoms with Gasteiger partial charge in [0, 0.05) is 29.5 Å². The van der Waals surface area contributed by atoms with E-state index in [0.717, 1.165) is 24.8 Å². The van der Waals surface area contributed by atoms with Gasteiger partial charge in [0.05, 0.1) is 12.5 Å². The molecule has 0 spiro atoms. The molecule has 6 rings (SSSR count). The number of carbonyl (C=O) groups is 2. The summed E-state index contributed by atoms with van der Waals surface area (Å²) in [6, 6.07) is 26.4. The summed E-state index contributed by atoms with van der Waals surface area (Å²) < 4.78 is 6.01. The quantitative estimate of drug-likeness (QED) is 0.382. The number of benzene rings is 3. The number of hydrogen-bond acceptors (Lipinski definition) is 4. The van der Waals surface area contributed by atoms with Crippen LogP contribution in [0.3, 0.4) is 0 Å². The lowest BCUT2D eigenvalue weighted by Gasteiger charge is -2.47. The molecule has 1 aliphatic carbocycles. The molecule has 0 radical (unpaired) electrons. The van der Waals surface area contributed by atoms with Crippen molar-refractivity contribution < 1.29 is 14.3 Å². The Morgan fingerprint density at radius 3 is 2.05 bits per heavy atom. The predicted octanol–water partition coefficient (Wildman–Crippen LogP) is 6.52. The van der Waals surface area contributed by atoms with Crippen LogP contribution in [0.4, 0.5) is 4.79 Å². The fourth-order valence-electron chi connectivity index (χ4n) is 6.68. The van der Waals surface area contributed by atoms with Crippen LogP contribution < -0.4 is 0 Å². The highest BCUT2D eigenvalue weighted by Gasteiger charge is 2.44. The van der Waals surface area contributed by atoms with Crippen molar-refractivity contribution in [1.29, 1.82) is 5.26 Å². The molecule has 2 saturated heterocycles. The number of rotatable bonds is 5. The molecule has 0 saturated carbocycles. The van der Waals surface area contributed by atoms with Gasteiger partial charge < -0.3 is 9.64 Å². The third-order valence-electron chi connectivity index (χ3n) is 8.41. The maximum Gasteiger partial charge on any atom is 0.410 e. The molecule has 3 aromatic carbocycles. The monoisotopic (exact) mass is 490 g/mol. The van der Waals surface area contributed by atoms with Gasteiger partial charge in [-0.15, -0.1) is 0 Å². The molecule has 2 fully saturated rings. The van der Waals surface area contributed by atoms with E-state index in [1.807, 2.05) is 41.3 Å². The van der Waals surface area contributed by atoms with Gasteiger partial charge >= 0.3 is 6.09 Å². The van der Waals surface area contributed by atoms with E-state index in [-0.39, 0.29) is 35.8 Å². The molecule has 2 unspecified atom stereocenters. The third-order valence-corrected chi connectivity index (χ3v) is 8.41. The molecule has 2 heterocycles. The number of Topliss-reactive ketones (excluding diaryl/α,β-unsaturated/α-hetero) is 1. The second kappa shape index (κ2) is 9.86. The Labute approximate surface area is 217 Å². The minimum atomic E-state index is -0.247. The molecular formula is C32H30N2O3. The van der Waals surface area contributed by atoms with Gasteiger partial charge in [-0.3, -0.25) is 4.79 Å². The number of fused-ring (bicyclic) bond motifs is 5. The fraction of sp³-hybridized carbons (Fsp3) is 0.344. The number of nitrogens with zero attached hydrogens (tertiary/aromatic N) is 2. The van der Waals surface area contributed by atoms with Gasteiger partial charge in [-0.05, 0) is 59.9 Å². The van der Waals surface area contributed by atoms with Gasteiger partial charge in [0.1, 0.15) is 6.61 Å².